The van der Waals surface area contributed by atoms with E-state index in [0.717, 1.165) is 5.56 Å². The largest absolute Gasteiger partial charge is 0.459 e. The molecule has 0 saturated carbocycles. The van der Waals surface area contributed by atoms with Crippen LogP contribution in [0, 0.1) is 0 Å². The molecule has 1 aliphatic heterocycles. The number of rotatable bonds is 4. The Labute approximate surface area is 134 Å². The molecule has 6 heteroatoms. The number of hydrogen-bond acceptors (Lipinski definition) is 4. The average Bonchev–Trinajstić information content (AvgIpc) is 3.12. The molecule has 0 radical (unpaired) electrons. The molecule has 2 aromatic rings. The van der Waals surface area contributed by atoms with E-state index in [-0.39, 0.29) is 17.6 Å². The maximum atomic E-state index is 12.2. The number of carbonyl (C=O) groups excluding carboxylic acids is 2. The van der Waals surface area contributed by atoms with E-state index in [1.165, 1.54) is 6.26 Å². The van der Waals surface area contributed by atoms with E-state index in [0.29, 0.717) is 38.4 Å². The quantitative estimate of drug-likeness (QED) is 0.936. The summed E-state index contributed by atoms with van der Waals surface area (Å²) in [5.74, 6) is 0.0596. The summed E-state index contributed by atoms with van der Waals surface area (Å²) in [5, 5.41) is 2.74. The molecule has 1 aliphatic rings. The van der Waals surface area contributed by atoms with Gasteiger partial charge in [-0.3, -0.25) is 9.59 Å². The molecular formula is C17H18N2O4. The maximum Gasteiger partial charge on any atom is 0.291 e. The SMILES string of the molecule is O=C(Nc1ccc(CC(=O)N2CCOCC2)cc1)c1ccco1. The van der Waals surface area contributed by atoms with Crippen LogP contribution in [0.1, 0.15) is 16.1 Å². The number of nitrogens with one attached hydrogen (secondary N) is 1. The Morgan fingerprint density at radius 3 is 2.48 bits per heavy atom. The Balaban J connectivity index is 1.56. The number of ether oxygens (including phenoxy) is 1. The molecule has 3 rings (SSSR count). The van der Waals surface area contributed by atoms with Crippen LogP contribution < -0.4 is 5.32 Å². The van der Waals surface area contributed by atoms with E-state index >= 15 is 0 Å². The predicted octanol–water partition coefficient (Wildman–Crippen LogP) is 1.93. The Hall–Kier alpha value is -2.60. The van der Waals surface area contributed by atoms with Crippen LogP contribution in [0.5, 0.6) is 0 Å². The summed E-state index contributed by atoms with van der Waals surface area (Å²) >= 11 is 0. The van der Waals surface area contributed by atoms with E-state index < -0.39 is 0 Å². The van der Waals surface area contributed by atoms with Crippen LogP contribution in [-0.2, 0) is 16.0 Å². The summed E-state index contributed by atoms with van der Waals surface area (Å²) in [5.41, 5.74) is 1.58. The number of nitrogens with zero attached hydrogens (tertiary/aromatic N) is 1. The topological polar surface area (TPSA) is 71.8 Å². The highest BCUT2D eigenvalue weighted by atomic mass is 16.5. The van der Waals surface area contributed by atoms with Gasteiger partial charge in [0.15, 0.2) is 5.76 Å². The number of hydrogen-bond donors (Lipinski definition) is 1. The summed E-state index contributed by atoms with van der Waals surface area (Å²) in [4.78, 5) is 25.9. The number of anilines is 1. The van der Waals surface area contributed by atoms with Crippen LogP contribution >= 0.6 is 0 Å². The van der Waals surface area contributed by atoms with Gasteiger partial charge < -0.3 is 19.4 Å². The zero-order chi connectivity index (χ0) is 16.1. The second kappa shape index (κ2) is 7.11. The van der Waals surface area contributed by atoms with Crippen molar-refractivity contribution < 1.29 is 18.7 Å². The van der Waals surface area contributed by atoms with Crippen LogP contribution in [-0.4, -0.2) is 43.0 Å². The van der Waals surface area contributed by atoms with Crippen molar-refractivity contribution in [1.82, 2.24) is 4.90 Å². The first-order valence-corrected chi connectivity index (χ1v) is 7.52. The molecule has 1 aromatic carbocycles. The zero-order valence-corrected chi connectivity index (χ0v) is 12.7. The highest BCUT2D eigenvalue weighted by Crippen LogP contribution is 2.13. The fourth-order valence-electron chi connectivity index (χ4n) is 2.41. The van der Waals surface area contributed by atoms with Crippen LogP contribution in [0.15, 0.2) is 47.1 Å². The van der Waals surface area contributed by atoms with Crippen molar-refractivity contribution in [2.24, 2.45) is 0 Å². The van der Waals surface area contributed by atoms with Crippen molar-refractivity contribution in [3.8, 4) is 0 Å². The lowest BCUT2D eigenvalue weighted by atomic mass is 10.1. The van der Waals surface area contributed by atoms with E-state index in [2.05, 4.69) is 5.32 Å². The number of furan rings is 1. The average molecular weight is 314 g/mol. The lowest BCUT2D eigenvalue weighted by Gasteiger charge is -2.26. The third-order valence-electron chi connectivity index (χ3n) is 3.68. The molecule has 0 atom stereocenters. The number of carbonyl (C=O) groups is 2. The molecule has 2 amide bonds. The fraction of sp³-hybridized carbons (Fsp3) is 0.294. The molecule has 1 aromatic heterocycles. The van der Waals surface area contributed by atoms with Gasteiger partial charge >= 0.3 is 0 Å². The molecule has 1 fully saturated rings. The standard InChI is InChI=1S/C17H18N2O4/c20-16(19-7-10-22-11-8-19)12-13-3-5-14(6-4-13)18-17(21)15-2-1-9-23-15/h1-6,9H,7-8,10-12H2,(H,18,21). The van der Waals surface area contributed by atoms with E-state index in [1.807, 2.05) is 17.0 Å². The highest BCUT2D eigenvalue weighted by molar-refractivity contribution is 6.02. The van der Waals surface area contributed by atoms with Crippen molar-refractivity contribution in [3.05, 3.63) is 54.0 Å². The third kappa shape index (κ3) is 3.98. The lowest BCUT2D eigenvalue weighted by Crippen LogP contribution is -2.41. The number of amides is 2. The van der Waals surface area contributed by atoms with Gasteiger partial charge in [-0.15, -0.1) is 0 Å². The van der Waals surface area contributed by atoms with Crippen LogP contribution in [0.2, 0.25) is 0 Å². The Bertz CT molecular complexity index is 658. The monoisotopic (exact) mass is 314 g/mol. The first kappa shape index (κ1) is 15.3. The molecule has 0 bridgehead atoms. The van der Waals surface area contributed by atoms with E-state index in [4.69, 9.17) is 9.15 Å². The predicted molar refractivity (Wildman–Crippen MR) is 84.2 cm³/mol. The first-order chi connectivity index (χ1) is 11.2. The normalized spacial score (nSPS) is 14.5. The molecule has 0 unspecified atom stereocenters. The van der Waals surface area contributed by atoms with Gasteiger partial charge in [0.1, 0.15) is 0 Å². The Morgan fingerprint density at radius 2 is 1.83 bits per heavy atom. The third-order valence-corrected chi connectivity index (χ3v) is 3.68. The van der Waals surface area contributed by atoms with Gasteiger partial charge in [0, 0.05) is 18.8 Å². The minimum absolute atomic E-state index is 0.0978. The molecule has 0 aliphatic carbocycles. The maximum absolute atomic E-state index is 12.2. The van der Waals surface area contributed by atoms with Crippen molar-refractivity contribution >= 4 is 17.5 Å². The summed E-state index contributed by atoms with van der Waals surface area (Å²) in [7, 11) is 0. The van der Waals surface area contributed by atoms with Gasteiger partial charge in [-0.05, 0) is 29.8 Å². The Kier molecular flexibility index (Phi) is 4.73. The van der Waals surface area contributed by atoms with Crippen molar-refractivity contribution in [1.29, 1.82) is 0 Å². The van der Waals surface area contributed by atoms with Gasteiger partial charge in [0.2, 0.25) is 5.91 Å². The molecule has 2 heterocycles. The second-order valence-electron chi connectivity index (χ2n) is 5.30. The van der Waals surface area contributed by atoms with Gasteiger partial charge in [-0.25, -0.2) is 0 Å². The molecular weight excluding hydrogens is 296 g/mol. The minimum Gasteiger partial charge on any atom is -0.459 e. The first-order valence-electron chi connectivity index (χ1n) is 7.52. The Morgan fingerprint density at radius 1 is 1.09 bits per heavy atom. The lowest BCUT2D eigenvalue weighted by molar-refractivity contribution is -0.134. The van der Waals surface area contributed by atoms with Crippen molar-refractivity contribution in [2.45, 2.75) is 6.42 Å². The molecule has 0 spiro atoms. The molecule has 1 saturated heterocycles. The van der Waals surface area contributed by atoms with Gasteiger partial charge in [0.25, 0.3) is 5.91 Å². The van der Waals surface area contributed by atoms with Crippen LogP contribution in [0.25, 0.3) is 0 Å². The van der Waals surface area contributed by atoms with Crippen LogP contribution in [0.4, 0.5) is 5.69 Å². The minimum atomic E-state index is -0.299. The van der Waals surface area contributed by atoms with Gasteiger partial charge in [0.05, 0.1) is 25.9 Å². The fourth-order valence-corrected chi connectivity index (χ4v) is 2.41. The summed E-state index contributed by atoms with van der Waals surface area (Å²) in [6.07, 6.45) is 1.81. The smallest absolute Gasteiger partial charge is 0.291 e. The highest BCUT2D eigenvalue weighted by Gasteiger charge is 2.17. The van der Waals surface area contributed by atoms with E-state index in [9.17, 15) is 9.59 Å². The van der Waals surface area contributed by atoms with E-state index in [1.54, 1.807) is 24.3 Å². The van der Waals surface area contributed by atoms with Crippen LogP contribution in [0.3, 0.4) is 0 Å². The molecule has 1 N–H and O–H groups in total. The summed E-state index contributed by atoms with van der Waals surface area (Å²) in [6, 6.07) is 10.5. The zero-order valence-electron chi connectivity index (χ0n) is 12.7. The van der Waals surface area contributed by atoms with Gasteiger partial charge in [-0.1, -0.05) is 12.1 Å². The van der Waals surface area contributed by atoms with Crippen molar-refractivity contribution in [2.75, 3.05) is 31.6 Å². The molecule has 120 valence electrons. The van der Waals surface area contributed by atoms with Crippen molar-refractivity contribution in [3.63, 3.8) is 0 Å². The summed E-state index contributed by atoms with van der Waals surface area (Å²) in [6.45, 7) is 2.50. The van der Waals surface area contributed by atoms with Gasteiger partial charge in [-0.2, -0.15) is 0 Å². The second-order valence-corrected chi connectivity index (χ2v) is 5.30. The number of morpholine rings is 1. The molecule has 23 heavy (non-hydrogen) atoms. The number of benzene rings is 1. The molecule has 6 nitrogen and oxygen atoms in total. The summed E-state index contributed by atoms with van der Waals surface area (Å²) < 4.78 is 10.3.